The Balaban J connectivity index is 1.82. The zero-order chi connectivity index (χ0) is 13.0. The van der Waals surface area contributed by atoms with E-state index in [4.69, 9.17) is 9.47 Å². The summed E-state index contributed by atoms with van der Waals surface area (Å²) in [6.45, 7) is 2.67. The second-order valence-corrected chi connectivity index (χ2v) is 4.82. The number of ether oxygens (including phenoxy) is 2. The van der Waals surface area contributed by atoms with E-state index in [9.17, 15) is 9.90 Å². The third-order valence-corrected chi connectivity index (χ3v) is 3.44. The average Bonchev–Trinajstić information content (AvgIpc) is 2.72. The third-order valence-electron chi connectivity index (χ3n) is 3.44. The summed E-state index contributed by atoms with van der Waals surface area (Å²) in [6.07, 6.45) is -0.280. The molecule has 2 rings (SSSR count). The molecule has 0 amide bonds. The molecule has 1 saturated heterocycles. The molecule has 0 saturated carbocycles. The molecule has 0 aliphatic carbocycles. The molecule has 1 fully saturated rings. The predicted octanol–water partition coefficient (Wildman–Crippen LogP) is 1.52. The van der Waals surface area contributed by atoms with Crippen LogP contribution in [0.1, 0.15) is 18.9 Å². The Morgan fingerprint density at radius 3 is 2.78 bits per heavy atom. The monoisotopic (exact) mass is 250 g/mol. The molecule has 0 spiro atoms. The fraction of sp³-hybridized carbons (Fsp3) is 0.500. The van der Waals surface area contributed by atoms with Crippen LogP contribution in [0.3, 0.4) is 0 Å². The molecule has 1 aromatic rings. The summed E-state index contributed by atoms with van der Waals surface area (Å²) in [5.41, 5.74) is 0.223. The Kier molecular flexibility index (Phi) is 3.99. The van der Waals surface area contributed by atoms with E-state index in [0.717, 1.165) is 5.56 Å². The number of carbonyl (C=O) groups excluding carboxylic acids is 1. The first-order valence-corrected chi connectivity index (χ1v) is 6.10. The first-order valence-electron chi connectivity index (χ1n) is 6.10. The number of rotatable bonds is 5. The zero-order valence-electron chi connectivity index (χ0n) is 10.5. The lowest BCUT2D eigenvalue weighted by atomic mass is 9.83. The van der Waals surface area contributed by atoms with Gasteiger partial charge in [-0.25, -0.2) is 0 Å². The fourth-order valence-electron chi connectivity index (χ4n) is 1.97. The minimum atomic E-state index is -0.823. The molecule has 18 heavy (non-hydrogen) atoms. The number of cyclic esters (lactones) is 1. The molecular weight excluding hydrogens is 232 g/mol. The summed E-state index contributed by atoms with van der Waals surface area (Å²) >= 11 is 0. The minimum Gasteiger partial charge on any atom is -0.465 e. The number of hydrogen-bond donors (Lipinski definition) is 1. The van der Waals surface area contributed by atoms with Crippen LogP contribution < -0.4 is 0 Å². The van der Waals surface area contributed by atoms with Crippen molar-refractivity contribution in [2.75, 3.05) is 13.2 Å². The highest BCUT2D eigenvalue weighted by molar-refractivity contribution is 5.78. The maximum Gasteiger partial charge on any atom is 0.314 e. The van der Waals surface area contributed by atoms with E-state index in [1.807, 2.05) is 30.3 Å². The van der Waals surface area contributed by atoms with Crippen molar-refractivity contribution in [1.29, 1.82) is 0 Å². The molecule has 0 radical (unpaired) electrons. The Morgan fingerprint density at radius 1 is 1.44 bits per heavy atom. The molecule has 1 aromatic carbocycles. The first kappa shape index (κ1) is 13.1. The second kappa shape index (κ2) is 5.50. The summed E-state index contributed by atoms with van der Waals surface area (Å²) in [7, 11) is 0. The molecule has 0 aromatic heterocycles. The Bertz CT molecular complexity index is 404. The van der Waals surface area contributed by atoms with Crippen LogP contribution in [-0.4, -0.2) is 30.4 Å². The van der Waals surface area contributed by atoms with Crippen molar-refractivity contribution in [2.24, 2.45) is 5.41 Å². The summed E-state index contributed by atoms with van der Waals surface area (Å²) in [6, 6.07) is 9.72. The highest BCUT2D eigenvalue weighted by atomic mass is 16.5. The number of esters is 1. The quantitative estimate of drug-likeness (QED) is 0.805. The molecule has 0 bridgehead atoms. The zero-order valence-corrected chi connectivity index (χ0v) is 10.5. The van der Waals surface area contributed by atoms with E-state index in [0.29, 0.717) is 19.6 Å². The maximum atomic E-state index is 11.5. The van der Waals surface area contributed by atoms with Crippen molar-refractivity contribution in [3.8, 4) is 0 Å². The van der Waals surface area contributed by atoms with Gasteiger partial charge in [0.05, 0.1) is 31.3 Å². The van der Waals surface area contributed by atoms with Gasteiger partial charge in [-0.15, -0.1) is 0 Å². The Labute approximate surface area is 107 Å². The van der Waals surface area contributed by atoms with Gasteiger partial charge >= 0.3 is 5.97 Å². The number of aliphatic hydroxyl groups excluding tert-OH is 1. The first-order chi connectivity index (χ1) is 8.63. The van der Waals surface area contributed by atoms with Crippen LogP contribution in [0, 0.1) is 5.41 Å². The van der Waals surface area contributed by atoms with Gasteiger partial charge < -0.3 is 14.6 Å². The summed E-state index contributed by atoms with van der Waals surface area (Å²) < 4.78 is 10.3. The van der Waals surface area contributed by atoms with Crippen LogP contribution >= 0.6 is 0 Å². The fourth-order valence-corrected chi connectivity index (χ4v) is 1.97. The number of carbonyl (C=O) groups is 1. The van der Waals surface area contributed by atoms with Crippen molar-refractivity contribution >= 4 is 5.97 Å². The van der Waals surface area contributed by atoms with Crippen molar-refractivity contribution < 1.29 is 19.4 Å². The minimum absolute atomic E-state index is 0.139. The lowest BCUT2D eigenvalue weighted by Gasteiger charge is -2.25. The maximum absolute atomic E-state index is 11.5. The molecule has 2 unspecified atom stereocenters. The summed E-state index contributed by atoms with van der Waals surface area (Å²) in [4.78, 5) is 11.5. The second-order valence-electron chi connectivity index (χ2n) is 4.82. The Morgan fingerprint density at radius 2 is 2.17 bits per heavy atom. The SMILES string of the molecule is CC1(C(O)COCc2ccccc2)CCOC1=O. The lowest BCUT2D eigenvalue weighted by Crippen LogP contribution is -2.39. The molecule has 1 aliphatic rings. The molecule has 4 heteroatoms. The summed E-state index contributed by atoms with van der Waals surface area (Å²) in [5, 5.41) is 10.0. The number of benzene rings is 1. The van der Waals surface area contributed by atoms with Crippen molar-refractivity contribution in [1.82, 2.24) is 0 Å². The van der Waals surface area contributed by atoms with E-state index in [-0.39, 0.29) is 12.6 Å². The average molecular weight is 250 g/mol. The normalized spacial score (nSPS) is 24.9. The standard InChI is InChI=1S/C14H18O4/c1-14(7-8-18-13(14)16)12(15)10-17-9-11-5-3-2-4-6-11/h2-6,12,15H,7-10H2,1H3. The van der Waals surface area contributed by atoms with Crippen molar-refractivity contribution in [2.45, 2.75) is 26.1 Å². The molecule has 1 aliphatic heterocycles. The van der Waals surface area contributed by atoms with Gasteiger partial charge in [-0.2, -0.15) is 0 Å². The molecule has 1 heterocycles. The van der Waals surface area contributed by atoms with Gasteiger partial charge in [0.25, 0.3) is 0 Å². The van der Waals surface area contributed by atoms with Crippen LogP contribution in [0.4, 0.5) is 0 Å². The van der Waals surface area contributed by atoms with Crippen LogP contribution in [0.15, 0.2) is 30.3 Å². The van der Waals surface area contributed by atoms with Gasteiger partial charge in [0, 0.05) is 0 Å². The van der Waals surface area contributed by atoms with Gasteiger partial charge in [0.1, 0.15) is 0 Å². The molecule has 98 valence electrons. The van der Waals surface area contributed by atoms with Crippen LogP contribution in [0.5, 0.6) is 0 Å². The van der Waals surface area contributed by atoms with Gasteiger partial charge in [0.2, 0.25) is 0 Å². The highest BCUT2D eigenvalue weighted by Crippen LogP contribution is 2.33. The smallest absolute Gasteiger partial charge is 0.314 e. The van der Waals surface area contributed by atoms with E-state index < -0.39 is 11.5 Å². The topological polar surface area (TPSA) is 55.8 Å². The van der Waals surface area contributed by atoms with E-state index in [2.05, 4.69) is 0 Å². The van der Waals surface area contributed by atoms with Crippen LogP contribution in [-0.2, 0) is 20.9 Å². The summed E-state index contributed by atoms with van der Waals surface area (Å²) in [5.74, 6) is -0.335. The Hall–Kier alpha value is -1.39. The molecule has 2 atom stereocenters. The van der Waals surface area contributed by atoms with Crippen molar-refractivity contribution in [3.63, 3.8) is 0 Å². The largest absolute Gasteiger partial charge is 0.465 e. The van der Waals surface area contributed by atoms with Gasteiger partial charge in [0.15, 0.2) is 0 Å². The van der Waals surface area contributed by atoms with Gasteiger partial charge in [-0.3, -0.25) is 4.79 Å². The number of aliphatic hydroxyl groups is 1. The highest BCUT2D eigenvalue weighted by Gasteiger charge is 2.46. The van der Waals surface area contributed by atoms with E-state index in [1.54, 1.807) is 6.92 Å². The third kappa shape index (κ3) is 2.71. The van der Waals surface area contributed by atoms with Gasteiger partial charge in [-0.05, 0) is 18.9 Å². The van der Waals surface area contributed by atoms with Crippen LogP contribution in [0.25, 0.3) is 0 Å². The number of hydrogen-bond acceptors (Lipinski definition) is 4. The van der Waals surface area contributed by atoms with E-state index >= 15 is 0 Å². The molecular formula is C14H18O4. The lowest BCUT2D eigenvalue weighted by molar-refractivity contribution is -0.153. The molecule has 4 nitrogen and oxygen atoms in total. The van der Waals surface area contributed by atoms with Gasteiger partial charge in [-0.1, -0.05) is 30.3 Å². The van der Waals surface area contributed by atoms with Crippen LogP contribution in [0.2, 0.25) is 0 Å². The predicted molar refractivity (Wildman–Crippen MR) is 65.8 cm³/mol. The molecule has 1 N–H and O–H groups in total. The van der Waals surface area contributed by atoms with E-state index in [1.165, 1.54) is 0 Å². The van der Waals surface area contributed by atoms with Crippen molar-refractivity contribution in [3.05, 3.63) is 35.9 Å².